The number of benzene rings is 1. The van der Waals surface area contributed by atoms with E-state index in [1.54, 1.807) is 36.5 Å². The Bertz CT molecular complexity index is 1610. The first-order valence-corrected chi connectivity index (χ1v) is 14.3. The fraction of sp³-hybridized carbons (Fsp3) is 0.312. The number of nitrogens with two attached hydrogens (primary N) is 2. The average molecular weight is 630 g/mol. The van der Waals surface area contributed by atoms with Gasteiger partial charge in [0.15, 0.2) is 0 Å². The molecule has 6 N–H and O–H groups in total. The first-order chi connectivity index (χ1) is 21.4. The molecule has 242 valence electrons. The number of hydrogen-bond donors (Lipinski definition) is 4. The number of carbonyl (C=O) groups is 1. The summed E-state index contributed by atoms with van der Waals surface area (Å²) in [6.45, 7) is 6.41. The number of aromatic nitrogens is 2. The van der Waals surface area contributed by atoms with Crippen molar-refractivity contribution < 1.29 is 27.1 Å². The fourth-order valence-electron chi connectivity index (χ4n) is 4.51. The van der Waals surface area contributed by atoms with Gasteiger partial charge in [-0.1, -0.05) is 32.9 Å². The Morgan fingerprint density at radius 1 is 1.24 bits per heavy atom. The monoisotopic (exact) mass is 629 g/mol. The lowest BCUT2D eigenvalue weighted by molar-refractivity contribution is -0.140. The van der Waals surface area contributed by atoms with Crippen LogP contribution in [-0.4, -0.2) is 53.1 Å². The third-order valence-corrected chi connectivity index (χ3v) is 6.85. The number of pyridine rings is 1. The van der Waals surface area contributed by atoms with Crippen LogP contribution < -0.4 is 16.9 Å². The summed E-state index contributed by atoms with van der Waals surface area (Å²) in [4.78, 5) is 22.2. The molecule has 0 saturated heterocycles. The number of fused-ring (bicyclic) bond motifs is 1. The van der Waals surface area contributed by atoms with Gasteiger partial charge in [0.1, 0.15) is 11.5 Å². The maximum absolute atomic E-state index is 14.9. The predicted octanol–water partition coefficient (Wildman–Crippen LogP) is 5.91. The standard InChI is InChI=1S/C30H33F4N7O2.C2H6/c1-18-5-4-6-20(13-26(18)41(36)17-25(35)21-11-19-7-8-37-28(19)38-15-21)29(42)39-23-12-22(16-40(2)9-10-43-3)27(31)24(14-23)30(32,33)34;1-2/h4-8,11-15,17-18H,9-10,16,35-36H2,1-3H3,(H,37,38)(H,39,42);1-2H3/b25-17-;. The van der Waals surface area contributed by atoms with Gasteiger partial charge in [-0.15, -0.1) is 0 Å². The van der Waals surface area contributed by atoms with Gasteiger partial charge in [-0.3, -0.25) is 14.7 Å². The highest BCUT2D eigenvalue weighted by Gasteiger charge is 2.36. The summed E-state index contributed by atoms with van der Waals surface area (Å²) in [5, 5.41) is 4.63. The summed E-state index contributed by atoms with van der Waals surface area (Å²) in [6, 6.07) is 5.49. The molecule has 1 unspecified atom stereocenters. The van der Waals surface area contributed by atoms with E-state index >= 15 is 0 Å². The van der Waals surface area contributed by atoms with Gasteiger partial charge < -0.3 is 20.8 Å². The zero-order chi connectivity index (χ0) is 33.3. The molecule has 2 aromatic heterocycles. The highest BCUT2D eigenvalue weighted by Crippen LogP contribution is 2.35. The Kier molecular flexibility index (Phi) is 12.1. The summed E-state index contributed by atoms with van der Waals surface area (Å²) in [5.41, 5.74) is 6.68. The number of rotatable bonds is 10. The number of alkyl halides is 3. The van der Waals surface area contributed by atoms with Gasteiger partial charge in [0.05, 0.1) is 17.9 Å². The molecule has 0 saturated carbocycles. The van der Waals surface area contributed by atoms with Crippen molar-refractivity contribution in [2.75, 3.05) is 32.6 Å². The molecule has 3 aromatic rings. The number of ether oxygens (including phenoxy) is 1. The molecule has 45 heavy (non-hydrogen) atoms. The van der Waals surface area contributed by atoms with E-state index in [0.29, 0.717) is 41.8 Å². The summed E-state index contributed by atoms with van der Waals surface area (Å²) < 4.78 is 61.0. The van der Waals surface area contributed by atoms with Crippen LogP contribution in [0.4, 0.5) is 23.2 Å². The largest absolute Gasteiger partial charge is 0.419 e. The highest BCUT2D eigenvalue weighted by molar-refractivity contribution is 6.06. The zero-order valence-electron chi connectivity index (χ0n) is 25.9. The summed E-state index contributed by atoms with van der Waals surface area (Å²) in [5.74, 6) is 4.00. The van der Waals surface area contributed by atoms with Crippen molar-refractivity contribution in [1.82, 2.24) is 19.9 Å². The van der Waals surface area contributed by atoms with E-state index in [-0.39, 0.29) is 29.3 Å². The van der Waals surface area contributed by atoms with Crippen LogP contribution in [0.3, 0.4) is 0 Å². The average Bonchev–Trinajstić information content (AvgIpc) is 3.38. The Balaban J connectivity index is 0.00000271. The molecule has 1 aromatic carbocycles. The number of hydrogen-bond acceptors (Lipinski definition) is 7. The predicted molar refractivity (Wildman–Crippen MR) is 168 cm³/mol. The number of halogens is 4. The molecule has 4 rings (SSSR count). The van der Waals surface area contributed by atoms with Crippen molar-refractivity contribution >= 4 is 28.3 Å². The molecule has 1 amide bonds. The van der Waals surface area contributed by atoms with Crippen molar-refractivity contribution in [1.29, 1.82) is 0 Å². The number of hydrazine groups is 1. The number of allylic oxidation sites excluding steroid dienone is 3. The lowest BCUT2D eigenvalue weighted by atomic mass is 10.1. The van der Waals surface area contributed by atoms with Gasteiger partial charge in [-0.05, 0) is 43.5 Å². The Labute approximate surface area is 259 Å². The first kappa shape index (κ1) is 35.0. The van der Waals surface area contributed by atoms with Gasteiger partial charge >= 0.3 is 6.18 Å². The minimum atomic E-state index is -4.97. The minimum Gasteiger partial charge on any atom is -0.397 e. The van der Waals surface area contributed by atoms with Crippen LogP contribution >= 0.6 is 0 Å². The maximum atomic E-state index is 14.9. The Morgan fingerprint density at radius 2 is 1.98 bits per heavy atom. The molecular formula is C32H39F4N7O2. The van der Waals surface area contributed by atoms with Crippen molar-refractivity contribution in [3.05, 3.63) is 101 Å². The second kappa shape index (κ2) is 15.5. The van der Waals surface area contributed by atoms with E-state index in [2.05, 4.69) is 15.3 Å². The molecule has 0 spiro atoms. The molecular weight excluding hydrogens is 590 g/mol. The number of anilines is 1. The van der Waals surface area contributed by atoms with E-state index in [1.807, 2.05) is 32.9 Å². The molecule has 0 radical (unpaired) electrons. The first-order valence-electron chi connectivity index (χ1n) is 14.3. The number of aromatic amines is 1. The van der Waals surface area contributed by atoms with Crippen LogP contribution in [0.15, 0.2) is 78.4 Å². The highest BCUT2D eigenvalue weighted by atomic mass is 19.4. The van der Waals surface area contributed by atoms with Crippen molar-refractivity contribution in [2.45, 2.75) is 33.5 Å². The van der Waals surface area contributed by atoms with Gasteiger partial charge in [0, 0.05) is 78.2 Å². The zero-order valence-corrected chi connectivity index (χ0v) is 25.9. The summed E-state index contributed by atoms with van der Waals surface area (Å²) >= 11 is 0. The van der Waals surface area contributed by atoms with Crippen LogP contribution in [0.5, 0.6) is 0 Å². The molecule has 0 aliphatic heterocycles. The van der Waals surface area contributed by atoms with Crippen LogP contribution in [0, 0.1) is 11.7 Å². The second-order valence-corrected chi connectivity index (χ2v) is 10.2. The van der Waals surface area contributed by atoms with Crippen molar-refractivity contribution in [3.63, 3.8) is 0 Å². The van der Waals surface area contributed by atoms with Crippen LogP contribution in [-0.2, 0) is 22.3 Å². The molecule has 1 aliphatic rings. The van der Waals surface area contributed by atoms with Gasteiger partial charge in [-0.2, -0.15) is 13.2 Å². The van der Waals surface area contributed by atoms with E-state index in [9.17, 15) is 22.4 Å². The lowest BCUT2D eigenvalue weighted by Crippen LogP contribution is -2.29. The van der Waals surface area contributed by atoms with Gasteiger partial charge in [0.25, 0.3) is 5.91 Å². The molecule has 0 fully saturated rings. The number of methoxy groups -OCH3 is 1. The third-order valence-electron chi connectivity index (χ3n) is 6.85. The minimum absolute atomic E-state index is 0.116. The fourth-order valence-corrected chi connectivity index (χ4v) is 4.51. The third kappa shape index (κ3) is 9.03. The summed E-state index contributed by atoms with van der Waals surface area (Å²) in [7, 11) is 3.11. The molecule has 1 atom stereocenters. The topological polar surface area (TPSA) is 126 Å². The molecule has 9 nitrogen and oxygen atoms in total. The molecule has 2 heterocycles. The van der Waals surface area contributed by atoms with Crippen LogP contribution in [0.1, 0.15) is 37.5 Å². The molecule has 13 heteroatoms. The van der Waals surface area contributed by atoms with Crippen molar-refractivity contribution in [2.24, 2.45) is 17.5 Å². The number of H-pyrrole nitrogens is 1. The number of nitrogens with zero attached hydrogens (tertiary/aromatic N) is 3. The summed E-state index contributed by atoms with van der Waals surface area (Å²) in [6.07, 6.45) is 6.37. The SMILES string of the molecule is CC.COCCN(C)Cc1cc(NC(=O)C2=CC=CC(C)C(N(N)/C=C(\N)c3cnc4[nH]ccc4c3)=C2)cc(C(F)(F)F)c1F. The van der Waals surface area contributed by atoms with Crippen LogP contribution in [0.25, 0.3) is 16.7 Å². The quantitative estimate of drug-likeness (QED) is 0.125. The Hall–Kier alpha value is -4.46. The smallest absolute Gasteiger partial charge is 0.397 e. The number of likely N-dealkylation sites (N-methyl/N-ethyl adjacent to an activating group) is 1. The molecule has 0 bridgehead atoms. The number of amides is 1. The van der Waals surface area contributed by atoms with E-state index < -0.39 is 23.5 Å². The second-order valence-electron chi connectivity index (χ2n) is 10.2. The van der Waals surface area contributed by atoms with E-state index in [0.717, 1.165) is 5.39 Å². The number of nitrogens with one attached hydrogen (secondary N) is 2. The van der Waals surface area contributed by atoms with Gasteiger partial charge in [-0.25, -0.2) is 15.2 Å². The Morgan fingerprint density at radius 3 is 2.67 bits per heavy atom. The van der Waals surface area contributed by atoms with E-state index in [1.165, 1.54) is 36.5 Å². The van der Waals surface area contributed by atoms with E-state index in [4.69, 9.17) is 16.3 Å². The molecule has 1 aliphatic carbocycles. The number of carbonyl (C=O) groups excluding carboxylic acids is 1. The van der Waals surface area contributed by atoms with Crippen molar-refractivity contribution in [3.8, 4) is 0 Å². The normalized spacial score (nSPS) is 15.3. The maximum Gasteiger partial charge on any atom is 0.419 e. The van der Waals surface area contributed by atoms with Crippen LogP contribution in [0.2, 0.25) is 0 Å². The lowest BCUT2D eigenvalue weighted by Gasteiger charge is -2.22. The van der Waals surface area contributed by atoms with Gasteiger partial charge in [0.2, 0.25) is 0 Å².